The van der Waals surface area contributed by atoms with Crippen LogP contribution in [0, 0.1) is 0 Å². The van der Waals surface area contributed by atoms with E-state index >= 15 is 0 Å². The summed E-state index contributed by atoms with van der Waals surface area (Å²) in [5, 5.41) is 128. The fourth-order valence-corrected chi connectivity index (χ4v) is 8.88. The third kappa shape index (κ3) is 15.8. The van der Waals surface area contributed by atoms with Gasteiger partial charge in [-0.2, -0.15) is 5.90 Å². The van der Waals surface area contributed by atoms with E-state index in [-0.39, 0.29) is 13.0 Å². The highest BCUT2D eigenvalue weighted by atomic mass is 16.8. The largest absolute Gasteiger partial charge is 0.477 e. The fourth-order valence-electron chi connectivity index (χ4n) is 8.88. The third-order valence-electron chi connectivity index (χ3n) is 12.8. The number of ether oxygens (including phenoxy) is 5. The molecule has 3 fully saturated rings. The van der Waals surface area contributed by atoms with Crippen molar-refractivity contribution in [2.45, 2.75) is 213 Å². The number of rotatable bonds is 30. The minimum atomic E-state index is -3.22. The van der Waals surface area contributed by atoms with Crippen LogP contribution < -0.4 is 27.6 Å². The van der Waals surface area contributed by atoms with Gasteiger partial charge in [0.25, 0.3) is 17.4 Å². The molecule has 18 N–H and O–H groups in total. The lowest BCUT2D eigenvalue weighted by Crippen LogP contribution is -2.71. The molecule has 0 spiro atoms. The number of nitrogens with one attached hydrogen (secondary N) is 3. The number of carboxylic acid groups (broad SMARTS) is 2. The Hall–Kier alpha value is -3.33. The summed E-state index contributed by atoms with van der Waals surface area (Å²) in [6.07, 6.45) is -14.8. The number of hydrogen-bond acceptors (Lipinski definition) is 23. The van der Waals surface area contributed by atoms with Crippen molar-refractivity contribution in [3.8, 4) is 0 Å². The molecule has 70 heavy (non-hydrogen) atoms. The van der Waals surface area contributed by atoms with E-state index in [1.807, 2.05) is 0 Å². The highest BCUT2D eigenvalue weighted by Crippen LogP contribution is 2.39. The Balaban J connectivity index is 1.89. The maximum Gasteiger partial charge on any atom is 0.385 e. The Morgan fingerprint density at radius 3 is 1.70 bits per heavy atom. The van der Waals surface area contributed by atoms with Crippen LogP contribution in [0.3, 0.4) is 0 Å². The van der Waals surface area contributed by atoms with Gasteiger partial charge in [0.05, 0.1) is 55.8 Å². The molecule has 3 heterocycles. The molecule has 3 aliphatic rings. The summed E-state index contributed by atoms with van der Waals surface area (Å²) in [4.78, 5) is 67.6. The van der Waals surface area contributed by atoms with Gasteiger partial charge in [-0.25, -0.2) is 14.4 Å². The Labute approximate surface area is 405 Å². The first-order chi connectivity index (χ1) is 33.0. The van der Waals surface area contributed by atoms with Crippen molar-refractivity contribution in [1.29, 1.82) is 0 Å². The Kier molecular flexibility index (Phi) is 24.6. The number of carbonyl (C=O) groups is 5. The van der Waals surface area contributed by atoms with E-state index in [1.165, 1.54) is 39.0 Å². The van der Waals surface area contributed by atoms with Crippen LogP contribution in [0.2, 0.25) is 0 Å². The second kappa shape index (κ2) is 28.2. The van der Waals surface area contributed by atoms with Gasteiger partial charge in [0.1, 0.15) is 42.7 Å². The zero-order chi connectivity index (χ0) is 52.6. The molecule has 27 nitrogen and oxygen atoms in total. The number of carbonyl (C=O) groups excluding carboxylic acids is 3. The number of aliphatic hydroxyl groups excluding tert-OH is 8. The minimum Gasteiger partial charge on any atom is -0.477 e. The van der Waals surface area contributed by atoms with Gasteiger partial charge in [0.2, 0.25) is 11.8 Å². The molecule has 0 aliphatic carbocycles. The molecular weight excluding hydrogens is 938 g/mol. The summed E-state index contributed by atoms with van der Waals surface area (Å²) < 4.78 is 28.4. The monoisotopic (exact) mass is 1020 g/mol. The van der Waals surface area contributed by atoms with Crippen LogP contribution in [0.1, 0.15) is 111 Å². The molecule has 0 radical (unpaired) electrons. The fraction of sp³-hybridized carbons (Fsp3) is 0.884. The van der Waals surface area contributed by atoms with Crippen molar-refractivity contribution in [2.75, 3.05) is 26.3 Å². The van der Waals surface area contributed by atoms with Crippen LogP contribution >= 0.6 is 0 Å². The van der Waals surface area contributed by atoms with Crippen LogP contribution in [0.5, 0.6) is 0 Å². The van der Waals surface area contributed by atoms with Gasteiger partial charge in [0, 0.05) is 39.2 Å². The first-order valence-corrected chi connectivity index (χ1v) is 23.8. The normalized spacial score (nSPS) is 33.5. The molecule has 3 rings (SSSR count). The van der Waals surface area contributed by atoms with Crippen molar-refractivity contribution in [3.63, 3.8) is 0 Å². The summed E-state index contributed by atoms with van der Waals surface area (Å²) >= 11 is 0. The lowest BCUT2D eigenvalue weighted by Gasteiger charge is -2.50. The van der Waals surface area contributed by atoms with Crippen molar-refractivity contribution in [1.82, 2.24) is 16.0 Å². The molecule has 0 aromatic carbocycles. The summed E-state index contributed by atoms with van der Waals surface area (Å²) in [5.74, 6) is -11.1. The lowest BCUT2D eigenvalue weighted by atomic mass is 9.87. The van der Waals surface area contributed by atoms with E-state index in [4.69, 9.17) is 35.3 Å². The lowest BCUT2D eigenvalue weighted by molar-refractivity contribution is -0.354. The molecule has 406 valence electrons. The zero-order valence-corrected chi connectivity index (χ0v) is 39.9. The summed E-state index contributed by atoms with van der Waals surface area (Å²) in [6.45, 7) is 2.29. The summed E-state index contributed by atoms with van der Waals surface area (Å²) in [7, 11) is 0. The number of unbranched alkanes of at least 4 members (excludes halogenated alkanes) is 9. The third-order valence-corrected chi connectivity index (χ3v) is 12.8. The van der Waals surface area contributed by atoms with Crippen LogP contribution in [0.4, 0.5) is 0 Å². The molecule has 0 aromatic rings. The van der Waals surface area contributed by atoms with E-state index < -0.39 is 165 Å². The average molecular weight is 1020 g/mol. The molecule has 3 saturated heterocycles. The minimum absolute atomic E-state index is 0.0650. The van der Waals surface area contributed by atoms with Crippen molar-refractivity contribution < 1.29 is 109 Å². The zero-order valence-electron chi connectivity index (χ0n) is 39.9. The topological polar surface area (TPSA) is 451 Å². The van der Waals surface area contributed by atoms with Crippen molar-refractivity contribution in [3.05, 3.63) is 0 Å². The van der Waals surface area contributed by atoms with Gasteiger partial charge in [-0.3, -0.25) is 9.59 Å². The average Bonchev–Trinajstić information content (AvgIpc) is 3.31. The highest BCUT2D eigenvalue weighted by molar-refractivity contribution is 5.79. The number of hydrogen-bond donors (Lipinski definition) is 16. The quantitative estimate of drug-likeness (QED) is 0.0237. The van der Waals surface area contributed by atoms with Gasteiger partial charge in [-0.05, 0) is 13.0 Å². The Bertz CT molecular complexity index is 1670. The molecule has 27 heteroatoms. The van der Waals surface area contributed by atoms with Gasteiger partial charge >= 0.3 is 17.9 Å². The molecule has 0 bridgehead atoms. The van der Waals surface area contributed by atoms with E-state index in [0.29, 0.717) is 6.54 Å². The first kappa shape index (κ1) is 61.0. The number of carboxylic acids is 2. The van der Waals surface area contributed by atoms with E-state index in [0.717, 1.165) is 39.0 Å². The van der Waals surface area contributed by atoms with Gasteiger partial charge in [-0.15, -0.1) is 0 Å². The second-order valence-corrected chi connectivity index (χ2v) is 18.2. The first-order valence-electron chi connectivity index (χ1n) is 23.8. The van der Waals surface area contributed by atoms with Gasteiger partial charge in [-0.1, -0.05) is 71.6 Å². The number of nitrogens with two attached hydrogens (primary N) is 2. The SMILES string of the molecule is CCCCCCCCCCCCNCC(O)C1OC(OC(CO)C(O)C2OC(OC(CO)C(O)C3OC(O)(C(=O)O)CC(O)C3NC(C)=O)(C(=O)O)CC(O)C2N)(C(=O)ON)CC(O)C1NC(=O)CC. The van der Waals surface area contributed by atoms with Crippen LogP contribution in [0.15, 0.2) is 0 Å². The van der Waals surface area contributed by atoms with Crippen molar-refractivity contribution >= 4 is 29.7 Å². The number of aliphatic carboxylic acids is 2. The Morgan fingerprint density at radius 1 is 0.686 bits per heavy atom. The van der Waals surface area contributed by atoms with E-state index in [2.05, 4.69) is 27.7 Å². The molecule has 3 aliphatic heterocycles. The molecule has 17 atom stereocenters. The predicted molar refractivity (Wildman–Crippen MR) is 237 cm³/mol. The molecular formula is C43H77N5O22. The standard InChI is InChI=1S/C43H77N5O22/c1-4-6-7-8-9-10-11-12-13-14-15-46-19-26(55)35-31(48-29(56)5-2)25(54)18-43(68-35,40(63)70-45)66-27(20-49)33(57)36-30(44)23(52)17-42(69-36,39(61)62)65-28(21-50)34(58)37-32(47-22(3)51)24(53)16-41(64,67-37)38(59)60/h23-28,30-37,46,49-50,52-55,57-58,64H,4-21,44-45H2,1-3H3,(H,47,51)(H,48,56)(H,59,60)(H,61,62). The van der Waals surface area contributed by atoms with E-state index in [9.17, 15) is 80.1 Å². The number of aliphatic hydroxyl groups is 9. The maximum atomic E-state index is 13.6. The summed E-state index contributed by atoms with van der Waals surface area (Å²) in [6, 6.07) is -4.87. The molecule has 2 amide bonds. The van der Waals surface area contributed by atoms with Crippen LogP contribution in [0.25, 0.3) is 0 Å². The van der Waals surface area contributed by atoms with Gasteiger partial charge < -0.3 is 106 Å². The smallest absolute Gasteiger partial charge is 0.385 e. The van der Waals surface area contributed by atoms with Crippen LogP contribution in [-0.2, 0) is 52.5 Å². The molecule has 0 aromatic heterocycles. The maximum absolute atomic E-state index is 13.6. The van der Waals surface area contributed by atoms with Gasteiger partial charge in [0.15, 0.2) is 0 Å². The van der Waals surface area contributed by atoms with E-state index in [1.54, 1.807) is 0 Å². The number of amides is 2. The highest BCUT2D eigenvalue weighted by Gasteiger charge is 2.61. The summed E-state index contributed by atoms with van der Waals surface area (Å²) in [5.41, 5.74) is 6.19. The molecule has 17 unspecified atom stereocenters. The Morgan fingerprint density at radius 2 is 1.19 bits per heavy atom. The predicted octanol–water partition coefficient (Wildman–Crippen LogP) is -4.82. The van der Waals surface area contributed by atoms with Crippen molar-refractivity contribution in [2.24, 2.45) is 11.6 Å². The molecule has 0 saturated carbocycles. The van der Waals surface area contributed by atoms with Crippen LogP contribution in [-0.4, -0.2) is 215 Å². The second-order valence-electron chi connectivity index (χ2n) is 18.2.